The Bertz CT molecular complexity index is 794. The van der Waals surface area contributed by atoms with Crippen LogP contribution in [0.1, 0.15) is 21.7 Å². The van der Waals surface area contributed by atoms with Crippen molar-refractivity contribution in [2.45, 2.75) is 12.8 Å². The van der Waals surface area contributed by atoms with Gasteiger partial charge in [-0.25, -0.2) is 8.42 Å². The van der Waals surface area contributed by atoms with Gasteiger partial charge in [0.25, 0.3) is 0 Å². The number of nitrogens with one attached hydrogen (secondary N) is 1. The van der Waals surface area contributed by atoms with Gasteiger partial charge < -0.3 is 4.74 Å². The van der Waals surface area contributed by atoms with Crippen LogP contribution in [0.4, 0.5) is 5.69 Å². The van der Waals surface area contributed by atoms with Gasteiger partial charge in [-0.1, -0.05) is 18.2 Å². The quantitative estimate of drug-likeness (QED) is 0.938. The van der Waals surface area contributed by atoms with Crippen molar-refractivity contribution >= 4 is 32.8 Å². The predicted octanol–water partition coefficient (Wildman–Crippen LogP) is 3.04. The maximum Gasteiger partial charge on any atom is 0.229 e. The molecule has 110 valence electrons. The molecule has 0 spiro atoms. The summed E-state index contributed by atoms with van der Waals surface area (Å²) in [6, 6.07) is 9.06. The van der Waals surface area contributed by atoms with Crippen LogP contribution in [0.15, 0.2) is 30.3 Å². The maximum absolute atomic E-state index is 12.0. The van der Waals surface area contributed by atoms with E-state index in [0.717, 1.165) is 11.1 Å². The van der Waals surface area contributed by atoms with Crippen molar-refractivity contribution in [2.75, 3.05) is 11.0 Å². The Kier molecular flexibility index (Phi) is 3.46. The van der Waals surface area contributed by atoms with E-state index in [4.69, 9.17) is 4.74 Å². The highest BCUT2D eigenvalue weighted by Gasteiger charge is 2.31. The summed E-state index contributed by atoms with van der Waals surface area (Å²) in [6.45, 7) is 0. The second-order valence-electron chi connectivity index (χ2n) is 4.78. The number of sulfonamides is 1. The molecule has 0 radical (unpaired) electrons. The van der Waals surface area contributed by atoms with Crippen molar-refractivity contribution < 1.29 is 17.9 Å². The molecular formula is C14H13NO4S2. The average molecular weight is 323 g/mol. The van der Waals surface area contributed by atoms with Gasteiger partial charge in [0.15, 0.2) is 5.78 Å². The topological polar surface area (TPSA) is 72.5 Å². The van der Waals surface area contributed by atoms with Gasteiger partial charge in [-0.3, -0.25) is 9.52 Å². The summed E-state index contributed by atoms with van der Waals surface area (Å²) in [5.74, 6) is 0.553. The lowest BCUT2D eigenvalue weighted by atomic mass is 10.2. The minimum absolute atomic E-state index is 0.0460. The molecule has 0 fully saturated rings. The molecule has 1 heterocycles. The Morgan fingerprint density at radius 3 is 2.57 bits per heavy atom. The Balaban J connectivity index is 2.04. The third-order valence-electron chi connectivity index (χ3n) is 3.05. The zero-order chi connectivity index (χ0) is 15.0. The molecule has 5 nitrogen and oxygen atoms in total. The Hall–Kier alpha value is -1.86. The van der Waals surface area contributed by atoms with E-state index in [1.807, 2.05) is 18.2 Å². The van der Waals surface area contributed by atoms with E-state index >= 15 is 0 Å². The van der Waals surface area contributed by atoms with E-state index in [1.54, 1.807) is 12.1 Å². The number of ether oxygens (including phenoxy) is 1. The first-order chi connectivity index (χ1) is 9.94. The second-order valence-corrected chi connectivity index (χ2v) is 7.59. The Morgan fingerprint density at radius 1 is 1.19 bits per heavy atom. The largest absolute Gasteiger partial charge is 0.444 e. The number of anilines is 1. The molecule has 1 aliphatic rings. The third kappa shape index (κ3) is 2.93. The molecule has 0 saturated heterocycles. The number of thiophene rings is 1. The molecule has 0 atom stereocenters. The van der Waals surface area contributed by atoms with Crippen LogP contribution in [-0.2, 0) is 16.4 Å². The summed E-state index contributed by atoms with van der Waals surface area (Å²) in [7, 11) is -3.48. The van der Waals surface area contributed by atoms with E-state index in [-0.39, 0.29) is 11.5 Å². The lowest BCUT2D eigenvalue weighted by molar-refractivity contribution is 0.0995. The molecule has 7 heteroatoms. The number of para-hydroxylation sites is 1. The predicted molar refractivity (Wildman–Crippen MR) is 82.0 cm³/mol. The lowest BCUT2D eigenvalue weighted by Gasteiger charge is -2.09. The van der Waals surface area contributed by atoms with Crippen molar-refractivity contribution in [3.8, 4) is 10.8 Å². The molecule has 0 saturated carbocycles. The van der Waals surface area contributed by atoms with Gasteiger partial charge >= 0.3 is 0 Å². The third-order valence-corrected chi connectivity index (χ3v) is 4.75. The van der Waals surface area contributed by atoms with Crippen molar-refractivity contribution in [3.63, 3.8) is 0 Å². The molecule has 0 bridgehead atoms. The van der Waals surface area contributed by atoms with E-state index < -0.39 is 10.0 Å². The summed E-state index contributed by atoms with van der Waals surface area (Å²) >= 11 is 1.32. The van der Waals surface area contributed by atoms with Gasteiger partial charge in [0.1, 0.15) is 11.4 Å². The molecule has 0 aliphatic heterocycles. The SMILES string of the molecule is CS(=O)(=O)Nc1c(Oc2ccccc2)sc2c1C(=O)CC2. The van der Waals surface area contributed by atoms with Crippen molar-refractivity contribution in [2.24, 2.45) is 0 Å². The highest BCUT2D eigenvalue weighted by atomic mass is 32.2. The van der Waals surface area contributed by atoms with Crippen molar-refractivity contribution in [1.29, 1.82) is 0 Å². The zero-order valence-electron chi connectivity index (χ0n) is 11.3. The fourth-order valence-electron chi connectivity index (χ4n) is 2.22. The minimum atomic E-state index is -3.48. The molecule has 0 amide bonds. The molecule has 3 rings (SSSR count). The van der Waals surface area contributed by atoms with Gasteiger partial charge in [-0.2, -0.15) is 0 Å². The number of hydrogen-bond acceptors (Lipinski definition) is 5. The second kappa shape index (κ2) is 5.16. The van der Waals surface area contributed by atoms with E-state index in [0.29, 0.717) is 29.2 Å². The van der Waals surface area contributed by atoms with Crippen LogP contribution in [0, 0.1) is 0 Å². The summed E-state index contributed by atoms with van der Waals surface area (Å²) in [6.07, 6.45) is 2.11. The highest BCUT2D eigenvalue weighted by molar-refractivity contribution is 7.92. The number of benzene rings is 1. The van der Waals surface area contributed by atoms with Crippen molar-refractivity contribution in [1.82, 2.24) is 0 Å². The molecule has 1 aromatic carbocycles. The van der Waals surface area contributed by atoms with Gasteiger partial charge in [-0.05, 0) is 18.6 Å². The van der Waals surface area contributed by atoms with E-state index in [9.17, 15) is 13.2 Å². The smallest absolute Gasteiger partial charge is 0.229 e. The van der Waals surface area contributed by atoms with E-state index in [2.05, 4.69) is 4.72 Å². The summed E-state index contributed by atoms with van der Waals surface area (Å²) in [5, 5.41) is 0.407. The first kappa shape index (κ1) is 14.1. The van der Waals surface area contributed by atoms with Gasteiger partial charge in [-0.15, -0.1) is 11.3 Å². The van der Waals surface area contributed by atoms with Crippen LogP contribution < -0.4 is 9.46 Å². The highest BCUT2D eigenvalue weighted by Crippen LogP contribution is 2.46. The number of rotatable bonds is 4. The van der Waals surface area contributed by atoms with Gasteiger partial charge in [0.2, 0.25) is 15.1 Å². The van der Waals surface area contributed by atoms with Crippen LogP contribution >= 0.6 is 11.3 Å². The Morgan fingerprint density at radius 2 is 1.90 bits per heavy atom. The Labute approximate surface area is 126 Å². The standard InChI is InChI=1S/C14H13NO4S2/c1-21(17,18)15-13-12-10(16)7-8-11(12)20-14(13)19-9-5-3-2-4-6-9/h2-6,15H,7-8H2,1H3. The number of carbonyl (C=O) groups excluding carboxylic acids is 1. The lowest BCUT2D eigenvalue weighted by Crippen LogP contribution is -2.12. The fourth-order valence-corrected chi connectivity index (χ4v) is 3.99. The average Bonchev–Trinajstić information content (AvgIpc) is 2.92. The summed E-state index contributed by atoms with van der Waals surface area (Å²) in [4.78, 5) is 12.8. The summed E-state index contributed by atoms with van der Waals surface area (Å²) < 4.78 is 31.2. The molecule has 21 heavy (non-hydrogen) atoms. The number of Topliss-reactive ketones (excluding diaryl/α,β-unsaturated/α-hetero) is 1. The van der Waals surface area contributed by atoms with Crippen LogP contribution in [0.2, 0.25) is 0 Å². The number of hydrogen-bond donors (Lipinski definition) is 1. The van der Waals surface area contributed by atoms with Crippen LogP contribution in [0.5, 0.6) is 10.8 Å². The van der Waals surface area contributed by atoms with E-state index in [1.165, 1.54) is 11.3 Å². The fraction of sp³-hybridized carbons (Fsp3) is 0.214. The molecular weight excluding hydrogens is 310 g/mol. The molecule has 1 aromatic heterocycles. The van der Waals surface area contributed by atoms with Gasteiger partial charge in [0, 0.05) is 11.3 Å². The maximum atomic E-state index is 12.0. The molecule has 1 aliphatic carbocycles. The van der Waals surface area contributed by atoms with Crippen LogP contribution in [0.25, 0.3) is 0 Å². The minimum Gasteiger partial charge on any atom is -0.444 e. The van der Waals surface area contributed by atoms with Crippen molar-refractivity contribution in [3.05, 3.63) is 40.8 Å². The normalized spacial score (nSPS) is 14.0. The van der Waals surface area contributed by atoms with Gasteiger partial charge in [0.05, 0.1) is 11.8 Å². The molecule has 2 aromatic rings. The number of ketones is 1. The molecule has 0 unspecified atom stereocenters. The van der Waals surface area contributed by atoms with Crippen LogP contribution in [0.3, 0.4) is 0 Å². The number of aryl methyl sites for hydroxylation is 1. The first-order valence-corrected chi connectivity index (χ1v) is 9.04. The first-order valence-electron chi connectivity index (χ1n) is 6.33. The molecule has 1 N–H and O–H groups in total. The summed E-state index contributed by atoms with van der Waals surface area (Å²) in [5.41, 5.74) is 0.722. The number of fused-ring (bicyclic) bond motifs is 1. The van der Waals surface area contributed by atoms with Crippen LogP contribution in [-0.4, -0.2) is 20.5 Å². The number of carbonyl (C=O) groups is 1. The zero-order valence-corrected chi connectivity index (χ0v) is 12.9. The monoisotopic (exact) mass is 323 g/mol.